The van der Waals surface area contributed by atoms with Gasteiger partial charge < -0.3 is 4.74 Å². The van der Waals surface area contributed by atoms with Crippen LogP contribution < -0.4 is 9.46 Å². The van der Waals surface area contributed by atoms with Gasteiger partial charge in [-0.1, -0.05) is 17.7 Å². The van der Waals surface area contributed by atoms with E-state index in [-0.39, 0.29) is 4.90 Å². The van der Waals surface area contributed by atoms with Gasteiger partial charge in [-0.05, 0) is 37.3 Å². The van der Waals surface area contributed by atoms with Crippen molar-refractivity contribution in [2.75, 3.05) is 4.72 Å². The van der Waals surface area contributed by atoms with Gasteiger partial charge in [0.15, 0.2) is 0 Å². The number of nitrogens with zero attached hydrogens (tertiary/aromatic N) is 2. The molecule has 3 rings (SSSR count). The van der Waals surface area contributed by atoms with Crippen LogP contribution in [0, 0.1) is 6.92 Å². The third-order valence-electron chi connectivity index (χ3n) is 3.18. The maximum atomic E-state index is 12.3. The molecule has 6 nitrogen and oxygen atoms in total. The first-order valence-electron chi connectivity index (χ1n) is 7.16. The van der Waals surface area contributed by atoms with Gasteiger partial charge in [0.1, 0.15) is 5.75 Å². The maximum Gasteiger partial charge on any atom is 0.261 e. The summed E-state index contributed by atoms with van der Waals surface area (Å²) in [4.78, 5) is 8.23. The van der Waals surface area contributed by atoms with Crippen LogP contribution in [0.1, 0.15) is 5.56 Å². The summed E-state index contributed by atoms with van der Waals surface area (Å²) < 4.78 is 32.6. The van der Waals surface area contributed by atoms with E-state index >= 15 is 0 Å². The Morgan fingerprint density at radius 1 is 1.00 bits per heavy atom. The van der Waals surface area contributed by atoms with Gasteiger partial charge in [-0.2, -0.15) is 0 Å². The average molecular weight is 341 g/mol. The second-order valence-corrected chi connectivity index (χ2v) is 6.78. The predicted octanol–water partition coefficient (Wildman–Crippen LogP) is 3.38. The van der Waals surface area contributed by atoms with Gasteiger partial charge in [-0.25, -0.2) is 13.4 Å². The van der Waals surface area contributed by atoms with Crippen molar-refractivity contribution < 1.29 is 13.2 Å². The lowest BCUT2D eigenvalue weighted by Gasteiger charge is -2.09. The molecule has 0 unspecified atom stereocenters. The van der Waals surface area contributed by atoms with Gasteiger partial charge >= 0.3 is 0 Å². The number of anilines is 1. The lowest BCUT2D eigenvalue weighted by atomic mass is 10.2. The molecule has 0 fully saturated rings. The quantitative estimate of drug-likeness (QED) is 0.769. The van der Waals surface area contributed by atoms with Crippen molar-refractivity contribution in [3.05, 3.63) is 72.7 Å². The van der Waals surface area contributed by atoms with Crippen LogP contribution in [0.15, 0.2) is 72.0 Å². The first-order valence-corrected chi connectivity index (χ1v) is 8.65. The van der Waals surface area contributed by atoms with E-state index in [1.165, 1.54) is 6.20 Å². The molecular formula is C17H15N3O3S. The molecule has 0 atom stereocenters. The number of ether oxygens (including phenoxy) is 1. The van der Waals surface area contributed by atoms with E-state index in [0.717, 1.165) is 5.56 Å². The summed E-state index contributed by atoms with van der Waals surface area (Å²) >= 11 is 0. The first kappa shape index (κ1) is 15.9. The molecule has 3 aromatic rings. The predicted molar refractivity (Wildman–Crippen MR) is 90.5 cm³/mol. The molecule has 1 aromatic carbocycles. The Bertz CT molecular complexity index is 910. The van der Waals surface area contributed by atoms with Crippen molar-refractivity contribution in [1.29, 1.82) is 0 Å². The van der Waals surface area contributed by atoms with E-state index < -0.39 is 10.0 Å². The van der Waals surface area contributed by atoms with Crippen molar-refractivity contribution in [2.45, 2.75) is 11.8 Å². The monoisotopic (exact) mass is 341 g/mol. The zero-order valence-electron chi connectivity index (χ0n) is 12.9. The van der Waals surface area contributed by atoms with Crippen LogP contribution in [0.5, 0.6) is 11.6 Å². The standard InChI is InChI=1S/C17H15N3O3S/c1-13-4-7-16(8-5-13)24(21,22)20-14-6-9-17(19-11-14)23-15-3-2-10-18-12-15/h2-12,20H,1H3. The summed E-state index contributed by atoms with van der Waals surface area (Å²) in [7, 11) is -3.64. The number of aromatic nitrogens is 2. The lowest BCUT2D eigenvalue weighted by Crippen LogP contribution is -2.13. The first-order chi connectivity index (χ1) is 11.5. The van der Waals surface area contributed by atoms with E-state index in [4.69, 9.17) is 4.74 Å². The zero-order valence-corrected chi connectivity index (χ0v) is 13.7. The van der Waals surface area contributed by atoms with E-state index in [1.54, 1.807) is 60.9 Å². The average Bonchev–Trinajstić information content (AvgIpc) is 2.58. The topological polar surface area (TPSA) is 81.2 Å². The largest absolute Gasteiger partial charge is 0.437 e. The number of benzene rings is 1. The zero-order chi connectivity index (χ0) is 17.0. The van der Waals surface area contributed by atoms with Crippen LogP contribution in [0.25, 0.3) is 0 Å². The highest BCUT2D eigenvalue weighted by molar-refractivity contribution is 7.92. The third kappa shape index (κ3) is 3.88. The van der Waals surface area contributed by atoms with Crippen LogP contribution in [0.4, 0.5) is 5.69 Å². The van der Waals surface area contributed by atoms with Crippen LogP contribution in [0.2, 0.25) is 0 Å². The molecule has 2 aromatic heterocycles. The molecule has 0 bridgehead atoms. The van der Waals surface area contributed by atoms with Crippen molar-refractivity contribution >= 4 is 15.7 Å². The number of nitrogens with one attached hydrogen (secondary N) is 1. The second-order valence-electron chi connectivity index (χ2n) is 5.09. The minimum Gasteiger partial charge on any atom is -0.437 e. The van der Waals surface area contributed by atoms with Crippen LogP contribution in [0.3, 0.4) is 0 Å². The fraction of sp³-hybridized carbons (Fsp3) is 0.0588. The van der Waals surface area contributed by atoms with E-state index in [2.05, 4.69) is 14.7 Å². The lowest BCUT2D eigenvalue weighted by molar-refractivity contribution is 0.461. The number of hydrogen-bond acceptors (Lipinski definition) is 5. The summed E-state index contributed by atoms with van der Waals surface area (Å²) in [6.45, 7) is 1.90. The molecule has 7 heteroatoms. The fourth-order valence-corrected chi connectivity index (χ4v) is 3.00. The molecule has 0 aliphatic heterocycles. The van der Waals surface area contributed by atoms with E-state index in [9.17, 15) is 8.42 Å². The van der Waals surface area contributed by atoms with Crippen molar-refractivity contribution in [3.8, 4) is 11.6 Å². The highest BCUT2D eigenvalue weighted by Crippen LogP contribution is 2.21. The van der Waals surface area contributed by atoms with Gasteiger partial charge in [0.25, 0.3) is 10.0 Å². The molecule has 0 aliphatic carbocycles. The van der Waals surface area contributed by atoms with Gasteiger partial charge in [-0.3, -0.25) is 9.71 Å². The third-order valence-corrected chi connectivity index (χ3v) is 4.57. The Labute approximate surface area is 140 Å². The number of hydrogen-bond donors (Lipinski definition) is 1. The SMILES string of the molecule is Cc1ccc(S(=O)(=O)Nc2ccc(Oc3cccnc3)nc2)cc1. The Hall–Kier alpha value is -2.93. The van der Waals surface area contributed by atoms with E-state index in [0.29, 0.717) is 17.3 Å². The van der Waals surface area contributed by atoms with Crippen LogP contribution >= 0.6 is 0 Å². The Morgan fingerprint density at radius 2 is 1.79 bits per heavy atom. The number of rotatable bonds is 5. The molecule has 1 N–H and O–H groups in total. The van der Waals surface area contributed by atoms with Crippen LogP contribution in [-0.2, 0) is 10.0 Å². The highest BCUT2D eigenvalue weighted by Gasteiger charge is 2.14. The van der Waals surface area contributed by atoms with Gasteiger partial charge in [0.05, 0.1) is 23.0 Å². The molecule has 0 radical (unpaired) electrons. The van der Waals surface area contributed by atoms with Crippen molar-refractivity contribution in [3.63, 3.8) is 0 Å². The minimum absolute atomic E-state index is 0.198. The Morgan fingerprint density at radius 3 is 2.42 bits per heavy atom. The summed E-state index contributed by atoms with van der Waals surface area (Å²) in [6, 6.07) is 13.3. The Balaban J connectivity index is 1.73. The molecule has 0 aliphatic rings. The summed E-state index contributed by atoms with van der Waals surface area (Å²) in [6.07, 6.45) is 4.61. The number of aryl methyl sites for hydroxylation is 1. The van der Waals surface area contributed by atoms with Gasteiger partial charge in [0, 0.05) is 12.3 Å². The van der Waals surface area contributed by atoms with Crippen LogP contribution in [-0.4, -0.2) is 18.4 Å². The molecule has 0 spiro atoms. The number of pyridine rings is 2. The molecule has 122 valence electrons. The fourth-order valence-electron chi connectivity index (χ4n) is 1.96. The summed E-state index contributed by atoms with van der Waals surface area (Å²) in [5, 5.41) is 0. The molecule has 0 amide bonds. The molecular weight excluding hydrogens is 326 g/mol. The smallest absolute Gasteiger partial charge is 0.261 e. The minimum atomic E-state index is -3.64. The van der Waals surface area contributed by atoms with Crippen molar-refractivity contribution in [1.82, 2.24) is 9.97 Å². The number of sulfonamides is 1. The molecule has 0 saturated carbocycles. The summed E-state index contributed by atoms with van der Waals surface area (Å²) in [5.74, 6) is 0.902. The highest BCUT2D eigenvalue weighted by atomic mass is 32.2. The van der Waals surface area contributed by atoms with Gasteiger partial charge in [-0.15, -0.1) is 0 Å². The van der Waals surface area contributed by atoms with E-state index in [1.807, 2.05) is 6.92 Å². The molecule has 2 heterocycles. The van der Waals surface area contributed by atoms with Crippen molar-refractivity contribution in [2.24, 2.45) is 0 Å². The molecule has 0 saturated heterocycles. The van der Waals surface area contributed by atoms with Gasteiger partial charge in [0.2, 0.25) is 5.88 Å². The summed E-state index contributed by atoms with van der Waals surface area (Å²) in [5.41, 5.74) is 1.35. The second kappa shape index (κ2) is 6.67. The maximum absolute atomic E-state index is 12.3. The molecule has 24 heavy (non-hydrogen) atoms. The normalized spacial score (nSPS) is 11.0. The Kier molecular flexibility index (Phi) is 4.43.